The van der Waals surface area contributed by atoms with Crippen molar-refractivity contribution in [2.75, 3.05) is 12.4 Å². The van der Waals surface area contributed by atoms with Crippen molar-refractivity contribution in [3.05, 3.63) is 58.0 Å². The number of thiophene rings is 1. The molecule has 1 N–H and O–H groups in total. The molecule has 0 saturated carbocycles. The zero-order valence-electron chi connectivity index (χ0n) is 13.4. The Balaban J connectivity index is 1.65. The van der Waals surface area contributed by atoms with Crippen LogP contribution in [-0.4, -0.2) is 28.5 Å². The van der Waals surface area contributed by atoms with Crippen molar-refractivity contribution in [3.8, 4) is 0 Å². The van der Waals surface area contributed by atoms with Gasteiger partial charge in [-0.3, -0.25) is 14.2 Å². The van der Waals surface area contributed by atoms with Gasteiger partial charge >= 0.3 is 5.97 Å². The van der Waals surface area contributed by atoms with E-state index in [1.165, 1.54) is 35.4 Å². The zero-order valence-corrected chi connectivity index (χ0v) is 14.2. The van der Waals surface area contributed by atoms with E-state index in [4.69, 9.17) is 0 Å². The molecule has 3 aromatic rings. The van der Waals surface area contributed by atoms with Crippen molar-refractivity contribution in [1.29, 1.82) is 0 Å². The largest absolute Gasteiger partial charge is 0.465 e. The van der Waals surface area contributed by atoms with E-state index in [0.29, 0.717) is 21.5 Å². The Bertz CT molecular complexity index is 993. The number of hydrogen-bond acceptors (Lipinski definition) is 6. The molecule has 0 fully saturated rings. The summed E-state index contributed by atoms with van der Waals surface area (Å²) in [7, 11) is 1.30. The van der Waals surface area contributed by atoms with Crippen molar-refractivity contribution in [2.45, 2.75) is 13.0 Å². The number of carbonyl (C=O) groups excluding carboxylic acids is 2. The summed E-state index contributed by atoms with van der Waals surface area (Å²) in [5.74, 6) is -0.739. The second-order valence-corrected chi connectivity index (χ2v) is 6.15. The molecule has 25 heavy (non-hydrogen) atoms. The highest BCUT2D eigenvalue weighted by Gasteiger charge is 2.09. The smallest absolute Gasteiger partial charge is 0.337 e. The molecule has 0 atom stereocenters. The number of nitrogens with one attached hydrogen (secondary N) is 1. The maximum Gasteiger partial charge on any atom is 0.337 e. The number of methoxy groups -OCH3 is 1. The molecule has 0 aliphatic heterocycles. The highest BCUT2D eigenvalue weighted by atomic mass is 32.1. The minimum Gasteiger partial charge on any atom is -0.465 e. The van der Waals surface area contributed by atoms with Gasteiger partial charge in [0.05, 0.1) is 24.4 Å². The van der Waals surface area contributed by atoms with Crippen LogP contribution in [0.1, 0.15) is 16.8 Å². The number of aryl methyl sites for hydroxylation is 1. The summed E-state index contributed by atoms with van der Waals surface area (Å²) in [6.07, 6.45) is 1.56. The molecule has 8 heteroatoms. The van der Waals surface area contributed by atoms with E-state index in [-0.39, 0.29) is 24.4 Å². The fourth-order valence-corrected chi connectivity index (χ4v) is 3.06. The van der Waals surface area contributed by atoms with Gasteiger partial charge in [0.25, 0.3) is 5.56 Å². The molecule has 0 aliphatic rings. The Hall–Kier alpha value is -3.00. The summed E-state index contributed by atoms with van der Waals surface area (Å²) in [6, 6.07) is 8.19. The van der Waals surface area contributed by atoms with E-state index in [2.05, 4.69) is 15.0 Å². The highest BCUT2D eigenvalue weighted by Crippen LogP contribution is 2.14. The van der Waals surface area contributed by atoms with Gasteiger partial charge in [-0.15, -0.1) is 11.3 Å². The second-order valence-electron chi connectivity index (χ2n) is 5.25. The van der Waals surface area contributed by atoms with Crippen LogP contribution in [-0.2, 0) is 16.1 Å². The number of rotatable bonds is 5. The monoisotopic (exact) mass is 357 g/mol. The molecular formula is C17H15N3O4S. The number of ether oxygens (including phenoxy) is 1. The second kappa shape index (κ2) is 7.27. The Morgan fingerprint density at radius 3 is 2.96 bits per heavy atom. The molecule has 0 spiro atoms. The quantitative estimate of drug-likeness (QED) is 0.708. The number of hydrogen-bond donors (Lipinski definition) is 1. The number of amides is 1. The molecule has 0 aliphatic carbocycles. The van der Waals surface area contributed by atoms with Gasteiger partial charge in [-0.1, -0.05) is 6.07 Å². The van der Waals surface area contributed by atoms with E-state index >= 15 is 0 Å². The average Bonchev–Trinajstić information content (AvgIpc) is 3.10. The van der Waals surface area contributed by atoms with Gasteiger partial charge in [-0.05, 0) is 29.6 Å². The van der Waals surface area contributed by atoms with Gasteiger partial charge in [-0.2, -0.15) is 0 Å². The molecule has 1 aromatic carbocycles. The lowest BCUT2D eigenvalue weighted by molar-refractivity contribution is -0.116. The topological polar surface area (TPSA) is 90.3 Å². The summed E-state index contributed by atoms with van der Waals surface area (Å²) >= 11 is 1.40. The summed E-state index contributed by atoms with van der Waals surface area (Å²) < 4.78 is 6.06. The SMILES string of the molecule is COC(=O)c1cccc(NC(=O)CCn2cnc3sccc3c2=O)c1. The molecule has 7 nitrogen and oxygen atoms in total. The minimum atomic E-state index is -0.474. The van der Waals surface area contributed by atoms with Crippen molar-refractivity contribution in [2.24, 2.45) is 0 Å². The number of carbonyl (C=O) groups is 2. The highest BCUT2D eigenvalue weighted by molar-refractivity contribution is 7.16. The Labute approximate surface area is 146 Å². The normalized spacial score (nSPS) is 10.6. The predicted octanol–water partition coefficient (Wildman–Crippen LogP) is 2.27. The molecule has 0 bridgehead atoms. The first-order valence-electron chi connectivity index (χ1n) is 7.49. The number of fused-ring (bicyclic) bond motifs is 1. The first-order chi connectivity index (χ1) is 12.1. The molecular weight excluding hydrogens is 342 g/mol. The lowest BCUT2D eigenvalue weighted by atomic mass is 10.2. The van der Waals surface area contributed by atoms with Gasteiger partial charge in [0, 0.05) is 18.7 Å². The van der Waals surface area contributed by atoms with Crippen LogP contribution in [0.2, 0.25) is 0 Å². The van der Waals surface area contributed by atoms with Gasteiger partial charge in [-0.25, -0.2) is 9.78 Å². The van der Waals surface area contributed by atoms with Crippen LogP contribution >= 0.6 is 11.3 Å². The summed E-state index contributed by atoms with van der Waals surface area (Å²) in [5, 5.41) is 5.07. The molecule has 2 heterocycles. The third kappa shape index (κ3) is 3.74. The van der Waals surface area contributed by atoms with Crippen molar-refractivity contribution >= 4 is 39.1 Å². The number of anilines is 1. The van der Waals surface area contributed by atoms with Crippen molar-refractivity contribution in [1.82, 2.24) is 9.55 Å². The van der Waals surface area contributed by atoms with Crippen LogP contribution in [0.4, 0.5) is 5.69 Å². The molecule has 128 valence electrons. The fourth-order valence-electron chi connectivity index (χ4n) is 2.34. The predicted molar refractivity (Wildman–Crippen MR) is 94.9 cm³/mol. The first kappa shape index (κ1) is 16.8. The van der Waals surface area contributed by atoms with Crippen molar-refractivity contribution < 1.29 is 14.3 Å². The van der Waals surface area contributed by atoms with E-state index in [9.17, 15) is 14.4 Å². The van der Waals surface area contributed by atoms with Gasteiger partial charge in [0.2, 0.25) is 5.91 Å². The summed E-state index contributed by atoms with van der Waals surface area (Å²) in [4.78, 5) is 40.8. The van der Waals surface area contributed by atoms with E-state index in [1.807, 2.05) is 5.38 Å². The lowest BCUT2D eigenvalue weighted by Crippen LogP contribution is -2.23. The van der Waals surface area contributed by atoms with Gasteiger partial charge in [0.1, 0.15) is 4.83 Å². The maximum absolute atomic E-state index is 12.3. The molecule has 3 rings (SSSR count). The van der Waals surface area contributed by atoms with Crippen LogP contribution < -0.4 is 10.9 Å². The standard InChI is InChI=1S/C17H15N3O4S/c1-24-17(23)11-3-2-4-12(9-11)19-14(21)5-7-20-10-18-15-13(16(20)22)6-8-25-15/h2-4,6,8-10H,5,7H2,1H3,(H,19,21). The van der Waals surface area contributed by atoms with E-state index in [0.717, 1.165) is 0 Å². The Kier molecular flexibility index (Phi) is 4.90. The first-order valence-corrected chi connectivity index (χ1v) is 8.37. The minimum absolute atomic E-state index is 0.111. The molecule has 0 radical (unpaired) electrons. The lowest BCUT2D eigenvalue weighted by Gasteiger charge is -2.08. The van der Waals surface area contributed by atoms with E-state index < -0.39 is 5.97 Å². The van der Waals surface area contributed by atoms with Crippen LogP contribution in [0.25, 0.3) is 10.2 Å². The van der Waals surface area contributed by atoms with Crippen LogP contribution in [0, 0.1) is 0 Å². The van der Waals surface area contributed by atoms with Crippen LogP contribution in [0.15, 0.2) is 46.8 Å². The molecule has 2 aromatic heterocycles. The number of esters is 1. The molecule has 0 unspecified atom stereocenters. The Morgan fingerprint density at radius 1 is 1.32 bits per heavy atom. The average molecular weight is 357 g/mol. The summed E-state index contributed by atoms with van der Waals surface area (Å²) in [6.45, 7) is 0.222. The molecule has 0 saturated heterocycles. The van der Waals surface area contributed by atoms with Crippen molar-refractivity contribution in [3.63, 3.8) is 0 Å². The summed E-state index contributed by atoms with van der Waals surface area (Å²) in [5.41, 5.74) is 0.682. The fraction of sp³-hybridized carbons (Fsp3) is 0.176. The Morgan fingerprint density at radius 2 is 2.16 bits per heavy atom. The van der Waals surface area contributed by atoms with Gasteiger partial charge in [0.15, 0.2) is 0 Å². The van der Waals surface area contributed by atoms with Crippen LogP contribution in [0.3, 0.4) is 0 Å². The molecule has 1 amide bonds. The number of benzene rings is 1. The van der Waals surface area contributed by atoms with Crippen LogP contribution in [0.5, 0.6) is 0 Å². The third-order valence-electron chi connectivity index (χ3n) is 3.60. The third-order valence-corrected chi connectivity index (χ3v) is 4.42. The zero-order chi connectivity index (χ0) is 17.8. The maximum atomic E-state index is 12.3. The van der Waals surface area contributed by atoms with E-state index in [1.54, 1.807) is 24.3 Å². The number of nitrogens with zero attached hydrogens (tertiary/aromatic N) is 2. The number of aromatic nitrogens is 2. The van der Waals surface area contributed by atoms with Gasteiger partial charge < -0.3 is 10.1 Å².